The Bertz CT molecular complexity index is 3240. The van der Waals surface area contributed by atoms with Crippen LogP contribution in [0.2, 0.25) is 0 Å². The first-order chi connectivity index (χ1) is 27.7. The number of rotatable bonds is 2. The number of hydrogen-bond acceptors (Lipinski definition) is 2. The fourth-order valence-corrected chi connectivity index (χ4v) is 11.0. The second-order valence-corrected chi connectivity index (χ2v) is 15.9. The monoisotopic (exact) mass is 709 g/mol. The van der Waals surface area contributed by atoms with Crippen molar-refractivity contribution in [1.82, 2.24) is 4.57 Å². The molecule has 0 bridgehead atoms. The summed E-state index contributed by atoms with van der Waals surface area (Å²) in [6, 6.07) is 58.1. The third kappa shape index (κ3) is 3.49. The summed E-state index contributed by atoms with van der Waals surface area (Å²) >= 11 is 0. The van der Waals surface area contributed by atoms with E-state index >= 15 is 0 Å². The average molecular weight is 709 g/mol. The highest BCUT2D eigenvalue weighted by molar-refractivity contribution is 7.03. The predicted octanol–water partition coefficient (Wildman–Crippen LogP) is 8.60. The van der Waals surface area contributed by atoms with Crippen molar-refractivity contribution >= 4 is 89.6 Å². The van der Waals surface area contributed by atoms with Gasteiger partial charge in [-0.25, -0.2) is 0 Å². The third-order valence-electron chi connectivity index (χ3n) is 13.2. The zero-order valence-electron chi connectivity index (χ0n) is 30.4. The summed E-state index contributed by atoms with van der Waals surface area (Å²) in [6.07, 6.45) is 0. The topological polar surface area (TPSA) is 23.4 Å². The minimum atomic E-state index is -0.00574. The number of ether oxygens (including phenoxy) is 2. The maximum atomic E-state index is 7.12. The second kappa shape index (κ2) is 10.2. The van der Waals surface area contributed by atoms with Crippen LogP contribution in [0, 0.1) is 6.92 Å². The smallest absolute Gasteiger partial charge is 0.256 e. The average Bonchev–Trinajstić information content (AvgIpc) is 3.60. The Morgan fingerprint density at radius 2 is 0.875 bits per heavy atom. The molecule has 0 saturated heterocycles. The maximum Gasteiger partial charge on any atom is 0.256 e. The summed E-state index contributed by atoms with van der Waals surface area (Å²) in [6.45, 7) is 2.19. The molecule has 4 aliphatic heterocycles. The van der Waals surface area contributed by atoms with Gasteiger partial charge in [-0.15, -0.1) is 0 Å². The number of nitrogens with zero attached hydrogens (tertiary/aromatic N) is 1. The molecule has 4 aliphatic rings. The normalized spacial score (nSPS) is 13.7. The lowest BCUT2D eigenvalue weighted by molar-refractivity contribution is 0.458. The van der Waals surface area contributed by atoms with Gasteiger partial charge in [-0.1, -0.05) is 146 Å². The molecule has 0 atom stereocenters. The molecule has 0 N–H and O–H groups in total. The number of aromatic nitrogens is 1. The van der Waals surface area contributed by atoms with Gasteiger partial charge in [-0.05, 0) is 95.6 Å². The standard InChI is InChI=1S/C51H29B2NO2/c1-28-50-45-49-46-51(28)56-44-25-23-32(36-17-7-13-30-11-3-5-15-34(30)36)27-42(44)53(46)40-21-9-19-38-37-18-8-20-39(47(37)54(49)48(38)40)52(45)41-26-31(22-24-43(41)55-50)35-16-6-12-29-10-2-4-14-33(29)35/h2-27H,1H3. The summed E-state index contributed by atoms with van der Waals surface area (Å²) < 4.78 is 16.8. The van der Waals surface area contributed by atoms with E-state index in [1.165, 1.54) is 104 Å². The fourth-order valence-electron chi connectivity index (χ4n) is 11.0. The molecule has 0 fully saturated rings. The van der Waals surface area contributed by atoms with Crippen LogP contribution in [0.5, 0.6) is 23.0 Å². The first-order valence-electron chi connectivity index (χ1n) is 19.6. The van der Waals surface area contributed by atoms with Crippen molar-refractivity contribution in [3.8, 4) is 50.9 Å². The second-order valence-electron chi connectivity index (χ2n) is 15.9. The molecule has 0 aliphatic carbocycles. The van der Waals surface area contributed by atoms with Crippen molar-refractivity contribution in [3.05, 3.63) is 163 Å². The van der Waals surface area contributed by atoms with Crippen molar-refractivity contribution in [2.75, 3.05) is 0 Å². The van der Waals surface area contributed by atoms with Crippen LogP contribution in [0.25, 0.3) is 71.3 Å². The molecule has 3 nitrogen and oxygen atoms in total. The highest BCUT2D eigenvalue weighted by Gasteiger charge is 2.49. The van der Waals surface area contributed by atoms with Gasteiger partial charge in [-0.3, -0.25) is 0 Å². The lowest BCUT2D eigenvalue weighted by atomic mass is 9.30. The van der Waals surface area contributed by atoms with Crippen LogP contribution in [-0.4, -0.2) is 18.0 Å². The van der Waals surface area contributed by atoms with Crippen LogP contribution in [0.4, 0.5) is 0 Å². The summed E-state index contributed by atoms with van der Waals surface area (Å²) in [5, 5.41) is 7.59. The van der Waals surface area contributed by atoms with Crippen molar-refractivity contribution in [1.29, 1.82) is 0 Å². The Hall–Kier alpha value is -6.97. The molecule has 14 rings (SSSR count). The lowest BCUT2D eigenvalue weighted by Gasteiger charge is -2.41. The number of benzene rings is 9. The van der Waals surface area contributed by atoms with Gasteiger partial charge in [0, 0.05) is 33.1 Å². The largest absolute Gasteiger partial charge is 0.458 e. The molecule has 5 heteroatoms. The fraction of sp³-hybridized carbons (Fsp3) is 0.0196. The first kappa shape index (κ1) is 29.4. The van der Waals surface area contributed by atoms with E-state index in [1.54, 1.807) is 0 Å². The Labute approximate surface area is 323 Å². The molecule has 0 amide bonds. The first-order valence-corrected chi connectivity index (χ1v) is 19.6. The van der Waals surface area contributed by atoms with Crippen LogP contribution in [0.3, 0.4) is 0 Å². The Kier molecular flexibility index (Phi) is 5.36. The van der Waals surface area contributed by atoms with Gasteiger partial charge in [0.1, 0.15) is 23.0 Å². The molecule has 5 heterocycles. The van der Waals surface area contributed by atoms with Gasteiger partial charge in [0.05, 0.1) is 0 Å². The summed E-state index contributed by atoms with van der Waals surface area (Å²) in [4.78, 5) is 0. The van der Waals surface area contributed by atoms with E-state index in [1.807, 2.05) is 0 Å². The van der Waals surface area contributed by atoms with E-state index in [0.717, 1.165) is 28.6 Å². The van der Waals surface area contributed by atoms with E-state index in [-0.39, 0.29) is 13.4 Å². The molecule has 9 aromatic carbocycles. The van der Waals surface area contributed by atoms with Gasteiger partial charge >= 0.3 is 0 Å². The molecule has 0 unspecified atom stereocenters. The summed E-state index contributed by atoms with van der Waals surface area (Å²) in [5.41, 5.74) is 17.3. The van der Waals surface area contributed by atoms with Crippen LogP contribution >= 0.6 is 0 Å². The van der Waals surface area contributed by atoms with E-state index in [2.05, 4.69) is 169 Å². The molecular weight excluding hydrogens is 680 g/mol. The van der Waals surface area contributed by atoms with Crippen LogP contribution in [-0.2, 0) is 0 Å². The Morgan fingerprint density at radius 3 is 1.39 bits per heavy atom. The zero-order chi connectivity index (χ0) is 36.4. The number of hydrogen-bond donors (Lipinski definition) is 0. The van der Waals surface area contributed by atoms with E-state index in [9.17, 15) is 0 Å². The highest BCUT2D eigenvalue weighted by atomic mass is 16.5. The molecule has 0 saturated carbocycles. The van der Waals surface area contributed by atoms with Gasteiger partial charge < -0.3 is 14.0 Å². The zero-order valence-corrected chi connectivity index (χ0v) is 30.4. The van der Waals surface area contributed by atoms with Gasteiger partial charge in [-0.2, -0.15) is 0 Å². The van der Waals surface area contributed by atoms with E-state index < -0.39 is 0 Å². The molecule has 0 radical (unpaired) electrons. The van der Waals surface area contributed by atoms with Gasteiger partial charge in [0.15, 0.2) is 0 Å². The van der Waals surface area contributed by atoms with Crippen molar-refractivity contribution in [2.45, 2.75) is 6.92 Å². The predicted molar refractivity (Wildman–Crippen MR) is 234 cm³/mol. The van der Waals surface area contributed by atoms with Crippen LogP contribution < -0.4 is 42.3 Å². The van der Waals surface area contributed by atoms with E-state index in [0.29, 0.717) is 0 Å². The third-order valence-corrected chi connectivity index (χ3v) is 13.2. The quantitative estimate of drug-likeness (QED) is 0.168. The summed E-state index contributed by atoms with van der Waals surface area (Å²) in [5.74, 6) is 3.67. The van der Waals surface area contributed by atoms with Crippen molar-refractivity contribution in [2.24, 2.45) is 0 Å². The minimum Gasteiger partial charge on any atom is -0.458 e. The van der Waals surface area contributed by atoms with Crippen LogP contribution in [0.15, 0.2) is 158 Å². The van der Waals surface area contributed by atoms with Gasteiger partial charge in [0.25, 0.3) is 13.4 Å². The van der Waals surface area contributed by atoms with Crippen molar-refractivity contribution < 1.29 is 9.47 Å². The molecule has 10 aromatic rings. The SMILES string of the molecule is Cc1c2c3c4c5c1Oc1ccc(-c6cccc7ccccc67)cc1B5c1cccc5c6cccc(c6n-4c15)B3c1cc(-c3cccc4ccccc34)ccc1O2. The molecule has 256 valence electrons. The van der Waals surface area contributed by atoms with Crippen molar-refractivity contribution in [3.63, 3.8) is 0 Å². The molecule has 56 heavy (non-hydrogen) atoms. The minimum absolute atomic E-state index is 0.00574. The Morgan fingerprint density at radius 1 is 0.429 bits per heavy atom. The van der Waals surface area contributed by atoms with Gasteiger partial charge in [0.2, 0.25) is 0 Å². The summed E-state index contributed by atoms with van der Waals surface area (Å²) in [7, 11) is 0. The lowest BCUT2D eigenvalue weighted by Crippen LogP contribution is -2.65. The molecule has 0 spiro atoms. The molecule has 1 aromatic heterocycles. The molecular formula is C51H29B2NO2. The maximum absolute atomic E-state index is 7.12. The Balaban J connectivity index is 1.08. The number of para-hydroxylation sites is 2. The van der Waals surface area contributed by atoms with Crippen LogP contribution in [0.1, 0.15) is 5.56 Å². The highest BCUT2D eigenvalue weighted by Crippen LogP contribution is 2.45. The van der Waals surface area contributed by atoms with E-state index in [4.69, 9.17) is 9.47 Å². The number of fused-ring (bicyclic) bond motifs is 9.